The fourth-order valence-electron chi connectivity index (χ4n) is 3.26. The van der Waals surface area contributed by atoms with Crippen molar-refractivity contribution < 1.29 is 23.9 Å². The summed E-state index contributed by atoms with van der Waals surface area (Å²) in [5.41, 5.74) is 2.82. The van der Waals surface area contributed by atoms with E-state index in [1.165, 1.54) is 4.90 Å². The van der Waals surface area contributed by atoms with Crippen LogP contribution in [-0.4, -0.2) is 29.1 Å². The number of carbonyl (C=O) groups excluding carboxylic acids is 3. The first kappa shape index (κ1) is 23.8. The molecule has 0 aliphatic carbocycles. The number of rotatable bonds is 6. The Kier molecular flexibility index (Phi) is 7.19. The Hall–Kier alpha value is -3.36. The normalized spacial score (nSPS) is 14.6. The summed E-state index contributed by atoms with van der Waals surface area (Å²) in [4.78, 5) is 39.6. The quantitative estimate of drug-likeness (QED) is 0.211. The number of esters is 1. The third-order valence-corrected chi connectivity index (χ3v) is 6.52. The Morgan fingerprint density at radius 3 is 2.41 bits per heavy atom. The number of hydrogen-bond donors (Lipinski definition) is 0. The van der Waals surface area contributed by atoms with Gasteiger partial charge in [0.2, 0.25) is 0 Å². The zero-order valence-corrected chi connectivity index (χ0v) is 20.8. The molecule has 0 aromatic heterocycles. The molecule has 0 atom stereocenters. The van der Waals surface area contributed by atoms with Crippen LogP contribution in [0.1, 0.15) is 27.0 Å². The molecule has 8 heteroatoms. The molecule has 0 saturated carbocycles. The van der Waals surface area contributed by atoms with Crippen molar-refractivity contribution in [1.82, 2.24) is 4.90 Å². The van der Waals surface area contributed by atoms with Gasteiger partial charge in [-0.2, -0.15) is 0 Å². The average Bonchev–Trinajstić information content (AvgIpc) is 3.09. The summed E-state index contributed by atoms with van der Waals surface area (Å²) in [7, 11) is 1.55. The van der Waals surface area contributed by atoms with Gasteiger partial charge < -0.3 is 9.47 Å². The van der Waals surface area contributed by atoms with Gasteiger partial charge in [-0.1, -0.05) is 45.8 Å². The highest BCUT2D eigenvalue weighted by molar-refractivity contribution is 9.10. The number of aryl methyl sites for hydroxylation is 1. The highest BCUT2D eigenvalue weighted by atomic mass is 79.9. The lowest BCUT2D eigenvalue weighted by Crippen LogP contribution is -2.27. The third kappa shape index (κ3) is 5.40. The molecule has 1 heterocycles. The monoisotopic (exact) mass is 537 g/mol. The highest BCUT2D eigenvalue weighted by Crippen LogP contribution is 2.36. The second-order valence-corrected chi connectivity index (χ2v) is 9.46. The van der Waals surface area contributed by atoms with Crippen LogP contribution >= 0.6 is 27.7 Å². The molecule has 0 N–H and O–H groups in total. The van der Waals surface area contributed by atoms with E-state index in [2.05, 4.69) is 15.9 Å². The van der Waals surface area contributed by atoms with Gasteiger partial charge in [-0.25, -0.2) is 4.79 Å². The van der Waals surface area contributed by atoms with Crippen LogP contribution in [0.5, 0.6) is 11.5 Å². The van der Waals surface area contributed by atoms with Crippen LogP contribution in [0.25, 0.3) is 6.08 Å². The molecule has 1 aliphatic heterocycles. The van der Waals surface area contributed by atoms with Gasteiger partial charge in [0.05, 0.1) is 24.1 Å². The van der Waals surface area contributed by atoms with E-state index in [0.717, 1.165) is 27.4 Å². The van der Waals surface area contributed by atoms with Crippen LogP contribution in [0, 0.1) is 6.92 Å². The number of hydrogen-bond acceptors (Lipinski definition) is 6. The summed E-state index contributed by atoms with van der Waals surface area (Å²) in [5, 5.41) is -0.344. The van der Waals surface area contributed by atoms with Crippen LogP contribution in [-0.2, 0) is 11.3 Å². The number of imide groups is 1. The van der Waals surface area contributed by atoms with Gasteiger partial charge in [0, 0.05) is 10.0 Å². The fraction of sp³-hybridized carbons (Fsp3) is 0.115. The summed E-state index contributed by atoms with van der Waals surface area (Å²) in [6, 6.07) is 19.3. The van der Waals surface area contributed by atoms with E-state index in [4.69, 9.17) is 9.47 Å². The lowest BCUT2D eigenvalue weighted by molar-refractivity contribution is -0.123. The lowest BCUT2D eigenvalue weighted by atomic mass is 10.1. The van der Waals surface area contributed by atoms with Crippen molar-refractivity contribution in [2.75, 3.05) is 7.11 Å². The number of carbonyl (C=O) groups is 3. The van der Waals surface area contributed by atoms with Crippen molar-refractivity contribution >= 4 is 50.9 Å². The molecule has 0 radical (unpaired) electrons. The van der Waals surface area contributed by atoms with E-state index in [1.54, 1.807) is 55.7 Å². The second kappa shape index (κ2) is 10.3. The van der Waals surface area contributed by atoms with Crippen LogP contribution < -0.4 is 9.47 Å². The summed E-state index contributed by atoms with van der Waals surface area (Å²) in [5.74, 6) is -0.0355. The maximum Gasteiger partial charge on any atom is 0.343 e. The molecule has 3 aromatic rings. The Labute approximate surface area is 209 Å². The predicted molar refractivity (Wildman–Crippen MR) is 135 cm³/mol. The molecule has 0 bridgehead atoms. The smallest absolute Gasteiger partial charge is 0.343 e. The van der Waals surface area contributed by atoms with E-state index in [9.17, 15) is 14.4 Å². The molecule has 1 fully saturated rings. The summed E-state index contributed by atoms with van der Waals surface area (Å²) in [6.07, 6.45) is 1.57. The van der Waals surface area contributed by atoms with E-state index in [-0.39, 0.29) is 28.3 Å². The first-order chi connectivity index (χ1) is 16.3. The van der Waals surface area contributed by atoms with Crippen LogP contribution in [0.4, 0.5) is 4.79 Å². The van der Waals surface area contributed by atoms with E-state index < -0.39 is 5.97 Å². The molecule has 34 heavy (non-hydrogen) atoms. The molecule has 3 aromatic carbocycles. The fourth-order valence-corrected chi connectivity index (χ4v) is 4.47. The molecule has 0 unspecified atom stereocenters. The zero-order chi connectivity index (χ0) is 24.2. The van der Waals surface area contributed by atoms with Gasteiger partial charge in [0.15, 0.2) is 0 Å². The van der Waals surface area contributed by atoms with Crippen molar-refractivity contribution in [2.45, 2.75) is 13.5 Å². The number of halogens is 1. The standard InChI is InChI=1S/C26H20BrNO5S/c1-16-3-5-17(6-4-16)15-28-24(29)23(34-26(28)31)14-19-13-20(27)9-12-22(19)33-25(30)18-7-10-21(32-2)11-8-18/h3-14H,15H2,1-2H3/b23-14-. The van der Waals surface area contributed by atoms with Crippen molar-refractivity contribution in [3.63, 3.8) is 0 Å². The summed E-state index contributed by atoms with van der Waals surface area (Å²) >= 11 is 4.27. The SMILES string of the molecule is COc1ccc(C(=O)Oc2ccc(Br)cc2/C=C2\SC(=O)N(Cc3ccc(C)cc3)C2=O)cc1. The highest BCUT2D eigenvalue weighted by Gasteiger charge is 2.35. The second-order valence-electron chi connectivity index (χ2n) is 7.55. The molecule has 1 saturated heterocycles. The number of ether oxygens (including phenoxy) is 2. The minimum atomic E-state index is -0.549. The maximum absolute atomic E-state index is 13.0. The van der Waals surface area contributed by atoms with Crippen molar-refractivity contribution in [3.05, 3.63) is 98.4 Å². The number of methoxy groups -OCH3 is 1. The van der Waals surface area contributed by atoms with Gasteiger partial charge in [0.25, 0.3) is 11.1 Å². The number of thioether (sulfide) groups is 1. The number of benzene rings is 3. The number of amides is 2. The van der Waals surface area contributed by atoms with Gasteiger partial charge >= 0.3 is 5.97 Å². The molecule has 2 amide bonds. The topological polar surface area (TPSA) is 72.9 Å². The van der Waals surface area contributed by atoms with Crippen LogP contribution in [0.2, 0.25) is 0 Å². The van der Waals surface area contributed by atoms with Crippen molar-refractivity contribution in [2.24, 2.45) is 0 Å². The van der Waals surface area contributed by atoms with E-state index in [0.29, 0.717) is 16.9 Å². The first-order valence-corrected chi connectivity index (χ1v) is 11.9. The van der Waals surface area contributed by atoms with Gasteiger partial charge in [-0.05, 0) is 72.8 Å². The Morgan fingerprint density at radius 2 is 1.74 bits per heavy atom. The molecule has 6 nitrogen and oxygen atoms in total. The van der Waals surface area contributed by atoms with Crippen molar-refractivity contribution in [1.29, 1.82) is 0 Å². The molecule has 0 spiro atoms. The molecule has 1 aliphatic rings. The van der Waals surface area contributed by atoms with Crippen molar-refractivity contribution in [3.8, 4) is 11.5 Å². The van der Waals surface area contributed by atoms with Gasteiger partial charge in [0.1, 0.15) is 11.5 Å². The van der Waals surface area contributed by atoms with Crippen LogP contribution in [0.15, 0.2) is 76.1 Å². The third-order valence-electron chi connectivity index (χ3n) is 5.12. The van der Waals surface area contributed by atoms with Crippen LogP contribution in [0.3, 0.4) is 0 Å². The van der Waals surface area contributed by atoms with E-state index >= 15 is 0 Å². The average molecular weight is 538 g/mol. The minimum absolute atomic E-state index is 0.195. The predicted octanol–water partition coefficient (Wildman–Crippen LogP) is 6.22. The first-order valence-electron chi connectivity index (χ1n) is 10.3. The van der Waals surface area contributed by atoms with Gasteiger partial charge in [-0.15, -0.1) is 0 Å². The summed E-state index contributed by atoms with van der Waals surface area (Å²) in [6.45, 7) is 2.17. The summed E-state index contributed by atoms with van der Waals surface area (Å²) < 4.78 is 11.5. The maximum atomic E-state index is 13.0. The molecule has 172 valence electrons. The van der Waals surface area contributed by atoms with E-state index in [1.807, 2.05) is 31.2 Å². The number of nitrogens with zero attached hydrogens (tertiary/aromatic N) is 1. The molecular formula is C26H20BrNO5S. The lowest BCUT2D eigenvalue weighted by Gasteiger charge is -2.12. The zero-order valence-electron chi connectivity index (χ0n) is 18.4. The minimum Gasteiger partial charge on any atom is -0.497 e. The van der Waals surface area contributed by atoms with Gasteiger partial charge in [-0.3, -0.25) is 14.5 Å². The Bertz CT molecular complexity index is 1290. The molecular weight excluding hydrogens is 518 g/mol. The Balaban J connectivity index is 1.56. The Morgan fingerprint density at radius 1 is 1.03 bits per heavy atom. The molecule has 4 rings (SSSR count). The largest absolute Gasteiger partial charge is 0.497 e.